The molecule has 1 amide bonds. The van der Waals surface area contributed by atoms with E-state index in [9.17, 15) is 4.79 Å². The first-order chi connectivity index (χ1) is 8.58. The number of nitrogens with one attached hydrogen (secondary N) is 1. The van der Waals surface area contributed by atoms with Crippen molar-refractivity contribution in [3.8, 4) is 0 Å². The summed E-state index contributed by atoms with van der Waals surface area (Å²) >= 11 is 0. The van der Waals surface area contributed by atoms with E-state index in [-0.39, 0.29) is 5.91 Å². The second kappa shape index (κ2) is 5.21. The SMILES string of the molecule is CC(=O)NCCc1ccc2c(c1)ncn2C(C)C. The molecule has 4 nitrogen and oxygen atoms in total. The summed E-state index contributed by atoms with van der Waals surface area (Å²) in [4.78, 5) is 15.2. The molecule has 0 saturated heterocycles. The maximum Gasteiger partial charge on any atom is 0.216 e. The maximum absolute atomic E-state index is 10.8. The van der Waals surface area contributed by atoms with Crippen LogP contribution in [-0.4, -0.2) is 22.0 Å². The van der Waals surface area contributed by atoms with Crippen molar-refractivity contribution in [1.29, 1.82) is 0 Å². The summed E-state index contributed by atoms with van der Waals surface area (Å²) in [6.45, 7) is 6.50. The second-order valence-electron chi connectivity index (χ2n) is 4.80. The zero-order valence-corrected chi connectivity index (χ0v) is 11.1. The Morgan fingerprint density at radius 3 is 2.89 bits per heavy atom. The Hall–Kier alpha value is -1.84. The molecule has 0 fully saturated rings. The minimum absolute atomic E-state index is 0.0140. The predicted octanol–water partition coefficient (Wildman–Crippen LogP) is 2.30. The van der Waals surface area contributed by atoms with Gasteiger partial charge in [0, 0.05) is 19.5 Å². The van der Waals surface area contributed by atoms with E-state index in [1.807, 2.05) is 6.33 Å². The van der Waals surface area contributed by atoms with Crippen LogP contribution in [0.4, 0.5) is 0 Å². The van der Waals surface area contributed by atoms with Crippen LogP contribution in [-0.2, 0) is 11.2 Å². The maximum atomic E-state index is 10.8. The Labute approximate surface area is 107 Å². The fourth-order valence-corrected chi connectivity index (χ4v) is 2.03. The predicted molar refractivity (Wildman–Crippen MR) is 72.5 cm³/mol. The lowest BCUT2D eigenvalue weighted by Crippen LogP contribution is -2.22. The molecule has 0 radical (unpaired) electrons. The van der Waals surface area contributed by atoms with Gasteiger partial charge in [-0.3, -0.25) is 4.79 Å². The molecule has 0 atom stereocenters. The number of imidazole rings is 1. The van der Waals surface area contributed by atoms with Crippen LogP contribution in [0.3, 0.4) is 0 Å². The molecule has 1 N–H and O–H groups in total. The molecule has 1 heterocycles. The quantitative estimate of drug-likeness (QED) is 0.898. The molecule has 1 aromatic heterocycles. The average Bonchev–Trinajstić information content (AvgIpc) is 2.71. The number of rotatable bonds is 4. The molecule has 0 aliphatic heterocycles. The number of hydrogen-bond acceptors (Lipinski definition) is 2. The van der Waals surface area contributed by atoms with Gasteiger partial charge in [-0.25, -0.2) is 4.98 Å². The molecule has 96 valence electrons. The Morgan fingerprint density at radius 1 is 1.44 bits per heavy atom. The third kappa shape index (κ3) is 2.70. The van der Waals surface area contributed by atoms with Crippen molar-refractivity contribution >= 4 is 16.9 Å². The van der Waals surface area contributed by atoms with Gasteiger partial charge in [-0.2, -0.15) is 0 Å². The average molecular weight is 245 g/mol. The van der Waals surface area contributed by atoms with E-state index in [4.69, 9.17) is 0 Å². The van der Waals surface area contributed by atoms with Gasteiger partial charge >= 0.3 is 0 Å². The molecule has 0 aliphatic rings. The van der Waals surface area contributed by atoms with Crippen molar-refractivity contribution < 1.29 is 4.79 Å². The van der Waals surface area contributed by atoms with E-state index >= 15 is 0 Å². The number of benzene rings is 1. The topological polar surface area (TPSA) is 46.9 Å². The van der Waals surface area contributed by atoms with Crippen LogP contribution in [0, 0.1) is 0 Å². The van der Waals surface area contributed by atoms with E-state index < -0.39 is 0 Å². The molecule has 2 aromatic rings. The Balaban J connectivity index is 2.16. The highest BCUT2D eigenvalue weighted by atomic mass is 16.1. The highest BCUT2D eigenvalue weighted by Gasteiger charge is 2.06. The van der Waals surface area contributed by atoms with Gasteiger partial charge in [0.1, 0.15) is 0 Å². The molecule has 0 unspecified atom stereocenters. The lowest BCUT2D eigenvalue weighted by molar-refractivity contribution is -0.118. The molecular formula is C14H19N3O. The second-order valence-corrected chi connectivity index (χ2v) is 4.80. The van der Waals surface area contributed by atoms with Gasteiger partial charge in [0.2, 0.25) is 5.91 Å². The van der Waals surface area contributed by atoms with E-state index in [0.717, 1.165) is 17.5 Å². The zero-order valence-electron chi connectivity index (χ0n) is 11.1. The third-order valence-electron chi connectivity index (χ3n) is 2.98. The first kappa shape index (κ1) is 12.6. The summed E-state index contributed by atoms with van der Waals surface area (Å²) in [6, 6.07) is 6.71. The van der Waals surface area contributed by atoms with Gasteiger partial charge in [-0.05, 0) is 38.0 Å². The van der Waals surface area contributed by atoms with Crippen LogP contribution in [0.5, 0.6) is 0 Å². The van der Waals surface area contributed by atoms with Crippen molar-refractivity contribution in [1.82, 2.24) is 14.9 Å². The highest BCUT2D eigenvalue weighted by Crippen LogP contribution is 2.18. The Bertz CT molecular complexity index is 557. The van der Waals surface area contributed by atoms with Crippen LogP contribution in [0.15, 0.2) is 24.5 Å². The van der Waals surface area contributed by atoms with E-state index in [1.54, 1.807) is 0 Å². The number of carbonyl (C=O) groups is 1. The number of nitrogens with zero attached hydrogens (tertiary/aromatic N) is 2. The van der Waals surface area contributed by atoms with Crippen LogP contribution >= 0.6 is 0 Å². The Kier molecular flexibility index (Phi) is 3.65. The number of fused-ring (bicyclic) bond motifs is 1. The van der Waals surface area contributed by atoms with Crippen LogP contribution in [0.25, 0.3) is 11.0 Å². The molecule has 18 heavy (non-hydrogen) atoms. The normalized spacial score (nSPS) is 11.1. The van der Waals surface area contributed by atoms with Gasteiger partial charge in [-0.15, -0.1) is 0 Å². The van der Waals surface area contributed by atoms with Gasteiger partial charge in [0.15, 0.2) is 0 Å². The van der Waals surface area contributed by atoms with Crippen molar-refractivity contribution in [2.75, 3.05) is 6.54 Å². The summed E-state index contributed by atoms with van der Waals surface area (Å²) < 4.78 is 2.16. The number of aromatic nitrogens is 2. The molecule has 0 bridgehead atoms. The van der Waals surface area contributed by atoms with Crippen molar-refractivity contribution in [3.63, 3.8) is 0 Å². The zero-order chi connectivity index (χ0) is 13.1. The van der Waals surface area contributed by atoms with Gasteiger partial charge < -0.3 is 9.88 Å². The molecule has 0 spiro atoms. The fourth-order valence-electron chi connectivity index (χ4n) is 2.03. The van der Waals surface area contributed by atoms with Crippen molar-refractivity contribution in [2.45, 2.75) is 33.2 Å². The summed E-state index contributed by atoms with van der Waals surface area (Å²) in [5.74, 6) is 0.0140. The molecular weight excluding hydrogens is 226 g/mol. The largest absolute Gasteiger partial charge is 0.356 e. The molecule has 2 rings (SSSR count). The summed E-state index contributed by atoms with van der Waals surface area (Å²) in [5.41, 5.74) is 3.38. The van der Waals surface area contributed by atoms with Crippen molar-refractivity contribution in [3.05, 3.63) is 30.1 Å². The van der Waals surface area contributed by atoms with E-state index in [2.05, 4.69) is 46.9 Å². The Morgan fingerprint density at radius 2 is 2.22 bits per heavy atom. The van der Waals surface area contributed by atoms with Gasteiger partial charge in [0.05, 0.1) is 17.4 Å². The first-order valence-electron chi connectivity index (χ1n) is 6.28. The van der Waals surface area contributed by atoms with E-state index in [0.29, 0.717) is 12.6 Å². The number of hydrogen-bond donors (Lipinski definition) is 1. The molecule has 0 aliphatic carbocycles. The number of carbonyl (C=O) groups excluding carboxylic acids is 1. The van der Waals surface area contributed by atoms with Crippen LogP contribution in [0.1, 0.15) is 32.4 Å². The smallest absolute Gasteiger partial charge is 0.216 e. The van der Waals surface area contributed by atoms with Crippen LogP contribution in [0.2, 0.25) is 0 Å². The molecule has 4 heteroatoms. The van der Waals surface area contributed by atoms with Crippen LogP contribution < -0.4 is 5.32 Å². The third-order valence-corrected chi connectivity index (χ3v) is 2.98. The molecule has 0 saturated carbocycles. The minimum Gasteiger partial charge on any atom is -0.356 e. The summed E-state index contributed by atoms with van der Waals surface area (Å²) in [5, 5.41) is 2.80. The number of amides is 1. The monoisotopic (exact) mass is 245 g/mol. The fraction of sp³-hybridized carbons (Fsp3) is 0.429. The van der Waals surface area contributed by atoms with Crippen molar-refractivity contribution in [2.24, 2.45) is 0 Å². The molecule has 1 aromatic carbocycles. The lowest BCUT2D eigenvalue weighted by Gasteiger charge is -2.08. The van der Waals surface area contributed by atoms with E-state index in [1.165, 1.54) is 12.5 Å². The highest BCUT2D eigenvalue weighted by molar-refractivity contribution is 5.76. The lowest BCUT2D eigenvalue weighted by atomic mass is 10.1. The summed E-state index contributed by atoms with van der Waals surface area (Å²) in [7, 11) is 0. The standard InChI is InChI=1S/C14H19N3O/c1-10(2)17-9-16-13-8-12(4-5-14(13)17)6-7-15-11(3)18/h4-5,8-10H,6-7H2,1-3H3,(H,15,18). The first-order valence-corrected chi connectivity index (χ1v) is 6.28. The van der Waals surface area contributed by atoms with Gasteiger partial charge in [0.25, 0.3) is 0 Å². The van der Waals surface area contributed by atoms with Gasteiger partial charge in [-0.1, -0.05) is 6.07 Å². The minimum atomic E-state index is 0.0140. The summed E-state index contributed by atoms with van der Waals surface area (Å²) in [6.07, 6.45) is 2.72.